The maximum atomic E-state index is 14.6. The second kappa shape index (κ2) is 16.7. The summed E-state index contributed by atoms with van der Waals surface area (Å²) < 4.78 is 541. The molecule has 43 heteroatoms. The summed E-state index contributed by atoms with van der Waals surface area (Å²) >= 11 is 0. The third-order valence-electron chi connectivity index (χ3n) is 9.02. The Balaban J connectivity index is 3.57. The molecule has 1 fully saturated rings. The van der Waals surface area contributed by atoms with E-state index >= 15 is 0 Å². The van der Waals surface area contributed by atoms with Crippen molar-refractivity contribution in [1.82, 2.24) is 0 Å². The molecular weight excluding hydrogens is 1130 g/mol. The molecule has 1 aliphatic rings. The average Bonchev–Trinajstić information content (AvgIpc) is 3.07. The van der Waals surface area contributed by atoms with Crippen LogP contribution in [0, 0.1) is 5.41 Å². The predicted molar refractivity (Wildman–Crippen MR) is 141 cm³/mol. The van der Waals surface area contributed by atoms with Crippen LogP contribution in [0.4, 0.5) is 158 Å². The highest BCUT2D eigenvalue weighted by Gasteiger charge is 2.97. The van der Waals surface area contributed by atoms with Gasteiger partial charge in [0.1, 0.15) is 0 Å². The molecule has 2 unspecified atom stereocenters. The molecule has 0 radical (unpaired) electrons. The standard InChI is InChI=1S/C25H14F36O5S2/c26-7(1-10(28,29)12(32,33)14(36,37)16(40,41)18(44,45)20(48,49)22(52,53)24(56,57)58)67(62,63)5-9(3-66-4-9)6-68(64,65)8(27)2-11(30,31)13(34,35)15(38,39)17(42,43)19(46,47)21(50,51)23(54,55)25(59,60)61/h7-8H,1-6H2. The second-order valence-electron chi connectivity index (χ2n) is 14.1. The van der Waals surface area contributed by atoms with E-state index in [-0.39, 0.29) is 0 Å². The molecule has 408 valence electrons. The van der Waals surface area contributed by atoms with Crippen LogP contribution in [0.2, 0.25) is 0 Å². The maximum absolute atomic E-state index is 14.6. The first-order valence-corrected chi connectivity index (χ1v) is 19.0. The van der Waals surface area contributed by atoms with Gasteiger partial charge >= 0.3 is 95.3 Å². The summed E-state index contributed by atoms with van der Waals surface area (Å²) in [5.41, 5.74) is -14.1. The third kappa shape index (κ3) is 9.00. The molecule has 0 spiro atoms. The van der Waals surface area contributed by atoms with E-state index < -0.39 is 169 Å². The van der Waals surface area contributed by atoms with Gasteiger partial charge in [-0.05, 0) is 0 Å². The second-order valence-corrected chi connectivity index (χ2v) is 18.4. The van der Waals surface area contributed by atoms with Crippen LogP contribution >= 0.6 is 0 Å². The fraction of sp³-hybridized carbons (Fsp3) is 1.00. The van der Waals surface area contributed by atoms with E-state index in [9.17, 15) is 175 Å². The van der Waals surface area contributed by atoms with E-state index in [0.717, 1.165) is 0 Å². The summed E-state index contributed by atoms with van der Waals surface area (Å²) in [6, 6.07) is 0. The number of halogens is 36. The van der Waals surface area contributed by atoms with Crippen molar-refractivity contribution in [2.75, 3.05) is 24.7 Å². The molecule has 2 atom stereocenters. The lowest BCUT2D eigenvalue weighted by molar-refractivity contribution is -0.462. The molecule has 0 aromatic rings. The van der Waals surface area contributed by atoms with Crippen LogP contribution in [-0.2, 0) is 24.4 Å². The molecule has 0 amide bonds. The van der Waals surface area contributed by atoms with Gasteiger partial charge in [-0.3, -0.25) is 0 Å². The predicted octanol–water partition coefficient (Wildman–Crippen LogP) is 11.2. The Morgan fingerprint density at radius 1 is 0.324 bits per heavy atom. The summed E-state index contributed by atoms with van der Waals surface area (Å²) in [6.45, 7) is -3.79. The lowest BCUT2D eigenvalue weighted by atomic mass is 9.88. The fourth-order valence-corrected chi connectivity index (χ4v) is 8.60. The van der Waals surface area contributed by atoms with Crippen LogP contribution in [0.3, 0.4) is 0 Å². The molecule has 0 aromatic heterocycles. The van der Waals surface area contributed by atoms with Crippen LogP contribution in [0.1, 0.15) is 12.8 Å². The normalized spacial score (nSPS) is 19.2. The lowest BCUT2D eigenvalue weighted by Crippen LogP contribution is -2.74. The quantitative estimate of drug-likeness (QED) is 0.101. The van der Waals surface area contributed by atoms with Crippen molar-refractivity contribution >= 4 is 19.7 Å². The minimum atomic E-state index is -9.27. The Bertz CT molecular complexity index is 1910. The summed E-state index contributed by atoms with van der Waals surface area (Å²) in [5.74, 6) is -129. The van der Waals surface area contributed by atoms with Crippen molar-refractivity contribution in [1.29, 1.82) is 0 Å². The zero-order chi connectivity index (χ0) is 55.6. The van der Waals surface area contributed by atoms with Crippen LogP contribution in [0.5, 0.6) is 0 Å². The molecule has 5 nitrogen and oxygen atoms in total. The highest BCUT2D eigenvalue weighted by Crippen LogP contribution is 2.66. The van der Waals surface area contributed by atoms with Crippen LogP contribution in [-0.4, -0.2) is 148 Å². The number of hydrogen-bond donors (Lipinski definition) is 0. The largest absolute Gasteiger partial charge is 0.460 e. The molecule has 0 saturated carbocycles. The molecule has 68 heavy (non-hydrogen) atoms. The van der Waals surface area contributed by atoms with Crippen molar-refractivity contribution in [2.45, 2.75) is 119 Å². The van der Waals surface area contributed by atoms with Gasteiger partial charge in [0, 0.05) is 5.41 Å². The zero-order valence-electron chi connectivity index (χ0n) is 30.4. The van der Waals surface area contributed by atoms with E-state index in [2.05, 4.69) is 4.74 Å². The molecule has 1 rings (SSSR count). The van der Waals surface area contributed by atoms with Gasteiger partial charge in [-0.2, -0.15) is 149 Å². The van der Waals surface area contributed by atoms with Crippen molar-refractivity contribution < 1.29 is 180 Å². The van der Waals surface area contributed by atoms with E-state index in [4.69, 9.17) is 0 Å². The van der Waals surface area contributed by atoms with Gasteiger partial charge in [-0.15, -0.1) is 0 Å². The van der Waals surface area contributed by atoms with Crippen molar-refractivity contribution in [2.24, 2.45) is 5.41 Å². The Morgan fingerprint density at radius 2 is 0.500 bits per heavy atom. The summed E-state index contributed by atoms with van der Waals surface area (Å²) in [5, 5.41) is 0. The molecule has 1 aliphatic heterocycles. The number of hydrogen-bond acceptors (Lipinski definition) is 5. The Labute approximate surface area is 349 Å². The monoisotopic (exact) mass is 1140 g/mol. The first-order chi connectivity index (χ1) is 28.9. The molecule has 0 bridgehead atoms. The highest BCUT2D eigenvalue weighted by molar-refractivity contribution is 7.92. The topological polar surface area (TPSA) is 77.5 Å². The Hall–Kier alpha value is -2.66. The summed E-state index contributed by atoms with van der Waals surface area (Å²) in [4.78, 5) is 0. The van der Waals surface area contributed by atoms with Gasteiger partial charge in [0.15, 0.2) is 19.7 Å². The minimum Gasteiger partial charge on any atom is -0.380 e. The lowest BCUT2D eigenvalue weighted by Gasteiger charge is -2.43. The fourth-order valence-electron chi connectivity index (χ4n) is 4.94. The van der Waals surface area contributed by atoms with Gasteiger partial charge in [0.2, 0.25) is 11.0 Å². The number of alkyl halides is 36. The summed E-state index contributed by atoms with van der Waals surface area (Å²) in [6.07, 6.45) is -25.2. The number of ether oxygens (including phenoxy) is 1. The van der Waals surface area contributed by atoms with Crippen LogP contribution in [0.25, 0.3) is 0 Å². The van der Waals surface area contributed by atoms with E-state index in [1.807, 2.05) is 0 Å². The van der Waals surface area contributed by atoms with E-state index in [1.165, 1.54) is 0 Å². The molecule has 1 heterocycles. The SMILES string of the molecule is O=S(=O)(CC1(CS(=O)(=O)C(F)CC(F)(F)C(F)(F)C(F)(F)C(F)(F)C(F)(F)C(F)(F)C(F)(F)C(F)(F)F)COC1)C(F)CC(F)(F)C(F)(F)C(F)(F)C(F)(F)C(F)(F)C(F)(F)C(F)(F)C(F)(F)F. The van der Waals surface area contributed by atoms with E-state index in [1.54, 1.807) is 0 Å². The third-order valence-corrected chi connectivity index (χ3v) is 12.9. The van der Waals surface area contributed by atoms with Crippen molar-refractivity contribution in [3.8, 4) is 0 Å². The minimum absolute atomic E-state index is 1.89. The molecule has 0 N–H and O–H groups in total. The molecule has 0 aliphatic carbocycles. The van der Waals surface area contributed by atoms with Gasteiger partial charge in [-0.25, -0.2) is 25.6 Å². The molecule has 1 saturated heterocycles. The summed E-state index contributed by atoms with van der Waals surface area (Å²) in [7, 11) is -13.9. The first kappa shape index (κ1) is 63.4. The maximum Gasteiger partial charge on any atom is 0.460 e. The smallest absolute Gasteiger partial charge is 0.380 e. The van der Waals surface area contributed by atoms with Gasteiger partial charge in [-0.1, -0.05) is 0 Å². The number of sulfone groups is 2. The van der Waals surface area contributed by atoms with Crippen molar-refractivity contribution in [3.63, 3.8) is 0 Å². The van der Waals surface area contributed by atoms with Crippen LogP contribution < -0.4 is 0 Å². The Morgan fingerprint density at radius 3 is 0.662 bits per heavy atom. The highest BCUT2D eigenvalue weighted by atomic mass is 32.2. The van der Waals surface area contributed by atoms with Gasteiger partial charge in [0.25, 0.3) is 0 Å². The van der Waals surface area contributed by atoms with Crippen molar-refractivity contribution in [3.05, 3.63) is 0 Å². The molecular formula is C25H14F36O5S2. The van der Waals surface area contributed by atoms with Gasteiger partial charge < -0.3 is 4.74 Å². The van der Waals surface area contributed by atoms with E-state index in [0.29, 0.717) is 0 Å². The van der Waals surface area contributed by atoms with Crippen LogP contribution in [0.15, 0.2) is 0 Å². The Kier molecular flexibility index (Phi) is 15.6. The van der Waals surface area contributed by atoms with Gasteiger partial charge in [0.05, 0.1) is 37.6 Å². The first-order valence-electron chi connectivity index (χ1n) is 15.6. The molecule has 0 aromatic carbocycles. The average molecular weight is 1140 g/mol. The zero-order valence-corrected chi connectivity index (χ0v) is 32.0. The number of rotatable bonds is 22.